The van der Waals surface area contributed by atoms with E-state index in [0.717, 1.165) is 5.56 Å². The summed E-state index contributed by atoms with van der Waals surface area (Å²) in [5.41, 5.74) is 4.55. The van der Waals surface area contributed by atoms with Crippen molar-refractivity contribution in [1.29, 1.82) is 0 Å². The summed E-state index contributed by atoms with van der Waals surface area (Å²) < 4.78 is 0. The van der Waals surface area contributed by atoms with Crippen molar-refractivity contribution < 1.29 is 0 Å². The Balaban J connectivity index is 2.17. The lowest BCUT2D eigenvalue weighted by Gasteiger charge is -2.05. The monoisotopic (exact) mass is 274 g/mol. The molecule has 20 heavy (non-hydrogen) atoms. The molecule has 0 atom stereocenters. The molecule has 0 aliphatic heterocycles. The molecule has 3 aromatic rings. The normalized spacial score (nSPS) is 11.3. The van der Waals surface area contributed by atoms with Gasteiger partial charge in [-0.15, -0.1) is 5.54 Å². The van der Waals surface area contributed by atoms with Crippen molar-refractivity contribution in [3.05, 3.63) is 60.2 Å². The number of benzene rings is 3. The minimum atomic E-state index is -1.31. The lowest BCUT2D eigenvalue weighted by Crippen LogP contribution is -2.16. The van der Waals surface area contributed by atoms with E-state index in [9.17, 15) is 0 Å². The van der Waals surface area contributed by atoms with E-state index in [4.69, 9.17) is 0 Å². The minimum absolute atomic E-state index is 1.12. The fraction of sp³-hybridized carbons (Fsp3) is 0.158. The van der Waals surface area contributed by atoms with Gasteiger partial charge in [0.25, 0.3) is 0 Å². The van der Waals surface area contributed by atoms with E-state index < -0.39 is 8.07 Å². The number of hydrogen-bond donors (Lipinski definition) is 0. The highest BCUT2D eigenvalue weighted by Crippen LogP contribution is 2.25. The average Bonchev–Trinajstić information content (AvgIpc) is 2.44. The zero-order chi connectivity index (χ0) is 14.2. The molecule has 3 aromatic carbocycles. The smallest absolute Gasteiger partial charge is 0.127 e. The van der Waals surface area contributed by atoms with Crippen molar-refractivity contribution in [3.63, 3.8) is 0 Å². The van der Waals surface area contributed by atoms with E-state index >= 15 is 0 Å². The van der Waals surface area contributed by atoms with Gasteiger partial charge in [0.05, 0.1) is 0 Å². The Morgan fingerprint density at radius 3 is 2.25 bits per heavy atom. The molecular formula is C19H18Si. The molecule has 3 rings (SSSR count). The van der Waals surface area contributed by atoms with Gasteiger partial charge in [0.1, 0.15) is 8.07 Å². The highest BCUT2D eigenvalue weighted by Gasteiger charge is 2.07. The van der Waals surface area contributed by atoms with Crippen LogP contribution in [0.4, 0.5) is 0 Å². The Morgan fingerprint density at radius 1 is 0.750 bits per heavy atom. The number of hydrogen-bond acceptors (Lipinski definition) is 0. The molecule has 98 valence electrons. The molecular weight excluding hydrogens is 256 g/mol. The summed E-state index contributed by atoms with van der Waals surface area (Å²) in [6.45, 7) is 6.82. The molecule has 0 saturated carbocycles. The third-order valence-corrected chi connectivity index (χ3v) is 4.20. The highest BCUT2D eigenvalue weighted by molar-refractivity contribution is 6.83. The van der Waals surface area contributed by atoms with Crippen LogP contribution in [-0.2, 0) is 0 Å². The van der Waals surface area contributed by atoms with Crippen LogP contribution in [0, 0.1) is 11.5 Å². The number of rotatable bonds is 0. The van der Waals surface area contributed by atoms with Crippen LogP contribution < -0.4 is 0 Å². The van der Waals surface area contributed by atoms with Crippen molar-refractivity contribution in [3.8, 4) is 11.5 Å². The Bertz CT molecular complexity index is 842. The van der Waals surface area contributed by atoms with Crippen LogP contribution >= 0.6 is 0 Å². The van der Waals surface area contributed by atoms with E-state index in [1.807, 2.05) is 0 Å². The first-order chi connectivity index (χ1) is 9.53. The second kappa shape index (κ2) is 4.81. The molecule has 0 spiro atoms. The molecule has 0 saturated heterocycles. The quantitative estimate of drug-likeness (QED) is 0.299. The van der Waals surface area contributed by atoms with Crippen molar-refractivity contribution in [2.24, 2.45) is 0 Å². The van der Waals surface area contributed by atoms with Crippen molar-refractivity contribution in [1.82, 2.24) is 0 Å². The van der Waals surface area contributed by atoms with Gasteiger partial charge in [-0.1, -0.05) is 68.0 Å². The van der Waals surface area contributed by atoms with Crippen LogP contribution in [0.1, 0.15) is 5.56 Å². The maximum atomic E-state index is 3.43. The Labute approximate surface area is 121 Å². The van der Waals surface area contributed by atoms with Gasteiger partial charge in [-0.05, 0) is 33.7 Å². The first-order valence-electron chi connectivity index (χ1n) is 6.98. The summed E-state index contributed by atoms with van der Waals surface area (Å²) in [7, 11) is -1.31. The molecule has 0 aliphatic rings. The fourth-order valence-corrected chi connectivity index (χ4v) is 2.87. The topological polar surface area (TPSA) is 0 Å². The summed E-state index contributed by atoms with van der Waals surface area (Å²) in [5.74, 6) is 3.34. The predicted molar refractivity (Wildman–Crippen MR) is 91.7 cm³/mol. The van der Waals surface area contributed by atoms with E-state index in [-0.39, 0.29) is 0 Å². The van der Waals surface area contributed by atoms with Gasteiger partial charge in [0, 0.05) is 5.56 Å². The number of fused-ring (bicyclic) bond motifs is 3. The summed E-state index contributed by atoms with van der Waals surface area (Å²) in [6.07, 6.45) is 0. The van der Waals surface area contributed by atoms with Crippen molar-refractivity contribution in [2.45, 2.75) is 19.6 Å². The molecule has 0 bridgehead atoms. The summed E-state index contributed by atoms with van der Waals surface area (Å²) in [5, 5.41) is 5.18. The van der Waals surface area contributed by atoms with Gasteiger partial charge in [-0.3, -0.25) is 0 Å². The maximum absolute atomic E-state index is 3.43. The summed E-state index contributed by atoms with van der Waals surface area (Å²) in [4.78, 5) is 0. The fourth-order valence-electron chi connectivity index (χ4n) is 2.35. The van der Waals surface area contributed by atoms with E-state index in [1.165, 1.54) is 21.5 Å². The molecule has 0 fully saturated rings. The molecule has 0 unspecified atom stereocenters. The standard InChI is InChI=1S/C19H18Si/c1-20(2,3)13-12-15-8-11-19-17(14-15)10-9-16-6-4-5-7-18(16)19/h4-11,14H,1-3H3. The zero-order valence-electron chi connectivity index (χ0n) is 12.2. The third-order valence-electron chi connectivity index (χ3n) is 3.33. The van der Waals surface area contributed by atoms with E-state index in [2.05, 4.69) is 85.7 Å². The summed E-state index contributed by atoms with van der Waals surface area (Å²) in [6, 6.07) is 19.5. The van der Waals surface area contributed by atoms with Crippen LogP contribution in [-0.4, -0.2) is 8.07 Å². The molecule has 0 aromatic heterocycles. The van der Waals surface area contributed by atoms with Crippen LogP contribution in [0.25, 0.3) is 21.5 Å². The Hall–Kier alpha value is -2.04. The predicted octanol–water partition coefficient (Wildman–Crippen LogP) is 5.22. The largest absolute Gasteiger partial charge is 0.129 e. The van der Waals surface area contributed by atoms with Gasteiger partial charge >= 0.3 is 0 Å². The molecule has 0 heterocycles. The Kier molecular flexibility index (Phi) is 3.12. The van der Waals surface area contributed by atoms with Gasteiger partial charge in [-0.2, -0.15) is 0 Å². The van der Waals surface area contributed by atoms with Gasteiger partial charge in [0.15, 0.2) is 0 Å². The van der Waals surface area contributed by atoms with Gasteiger partial charge < -0.3 is 0 Å². The molecule has 0 nitrogen and oxygen atoms in total. The van der Waals surface area contributed by atoms with E-state index in [0.29, 0.717) is 0 Å². The second-order valence-corrected chi connectivity index (χ2v) is 11.0. The molecule has 0 N–H and O–H groups in total. The zero-order valence-corrected chi connectivity index (χ0v) is 13.2. The average molecular weight is 274 g/mol. The minimum Gasteiger partial charge on any atom is -0.127 e. The van der Waals surface area contributed by atoms with E-state index in [1.54, 1.807) is 0 Å². The van der Waals surface area contributed by atoms with Crippen LogP contribution in [0.3, 0.4) is 0 Å². The summed E-state index contributed by atoms with van der Waals surface area (Å²) >= 11 is 0. The first kappa shape index (κ1) is 13.0. The van der Waals surface area contributed by atoms with Gasteiger partial charge in [0.2, 0.25) is 0 Å². The van der Waals surface area contributed by atoms with Crippen LogP contribution in [0.2, 0.25) is 19.6 Å². The van der Waals surface area contributed by atoms with Crippen LogP contribution in [0.5, 0.6) is 0 Å². The lowest BCUT2D eigenvalue weighted by molar-refractivity contribution is 1.71. The Morgan fingerprint density at radius 2 is 1.45 bits per heavy atom. The molecule has 0 radical (unpaired) electrons. The van der Waals surface area contributed by atoms with Crippen molar-refractivity contribution >= 4 is 29.6 Å². The second-order valence-electron chi connectivity index (χ2n) is 6.22. The molecule has 1 heteroatoms. The maximum Gasteiger partial charge on any atom is 0.129 e. The van der Waals surface area contributed by atoms with Gasteiger partial charge in [-0.25, -0.2) is 0 Å². The SMILES string of the molecule is C[Si](C)(C)C#Cc1ccc2c(ccc3ccccc32)c1. The highest BCUT2D eigenvalue weighted by atomic mass is 28.3. The lowest BCUT2D eigenvalue weighted by atomic mass is 10.0. The van der Waals surface area contributed by atoms with Crippen molar-refractivity contribution in [2.75, 3.05) is 0 Å². The van der Waals surface area contributed by atoms with Crippen LogP contribution in [0.15, 0.2) is 54.6 Å². The third kappa shape index (κ3) is 2.61. The molecule has 0 amide bonds. The first-order valence-corrected chi connectivity index (χ1v) is 10.5. The molecule has 0 aliphatic carbocycles.